The summed E-state index contributed by atoms with van der Waals surface area (Å²) in [5, 5.41) is 12.0. The van der Waals surface area contributed by atoms with Crippen LogP contribution < -0.4 is 5.32 Å². The van der Waals surface area contributed by atoms with E-state index >= 15 is 0 Å². The zero-order chi connectivity index (χ0) is 10.6. The summed E-state index contributed by atoms with van der Waals surface area (Å²) in [6.45, 7) is 7.13. The van der Waals surface area contributed by atoms with Gasteiger partial charge in [0.2, 0.25) is 0 Å². The van der Waals surface area contributed by atoms with Crippen LogP contribution in [0.1, 0.15) is 39.5 Å². The molecule has 1 unspecified atom stereocenters. The fraction of sp³-hybridized carbons (Fsp3) is 1.00. The number of aliphatic hydroxyl groups excluding tert-OH is 1. The van der Waals surface area contributed by atoms with Gasteiger partial charge in [-0.25, -0.2) is 0 Å². The van der Waals surface area contributed by atoms with Gasteiger partial charge in [-0.1, -0.05) is 12.8 Å². The van der Waals surface area contributed by atoms with E-state index in [0.717, 1.165) is 32.6 Å². The molecule has 1 atom stereocenters. The van der Waals surface area contributed by atoms with E-state index in [1.54, 1.807) is 0 Å². The van der Waals surface area contributed by atoms with Crippen molar-refractivity contribution in [3.05, 3.63) is 0 Å². The molecule has 0 aliphatic rings. The Hall–Kier alpha value is -0.120. The largest absolute Gasteiger partial charge is 0.396 e. The van der Waals surface area contributed by atoms with Gasteiger partial charge >= 0.3 is 0 Å². The van der Waals surface area contributed by atoms with Crippen LogP contribution >= 0.6 is 0 Å². The van der Waals surface area contributed by atoms with Crippen molar-refractivity contribution < 1.29 is 9.84 Å². The van der Waals surface area contributed by atoms with Crippen molar-refractivity contribution in [2.45, 2.75) is 45.6 Å². The van der Waals surface area contributed by atoms with Crippen molar-refractivity contribution in [1.29, 1.82) is 0 Å². The Bertz CT molecular complexity index is 109. The Morgan fingerprint density at radius 3 is 2.57 bits per heavy atom. The number of hydrogen-bond donors (Lipinski definition) is 2. The van der Waals surface area contributed by atoms with Crippen LogP contribution in [0.2, 0.25) is 0 Å². The van der Waals surface area contributed by atoms with Crippen LogP contribution in [0.15, 0.2) is 0 Å². The van der Waals surface area contributed by atoms with Crippen molar-refractivity contribution in [2.75, 3.05) is 26.4 Å². The monoisotopic (exact) mass is 203 g/mol. The van der Waals surface area contributed by atoms with E-state index in [9.17, 15) is 0 Å². The lowest BCUT2D eigenvalue weighted by atomic mass is 10.2. The Morgan fingerprint density at radius 1 is 1.21 bits per heavy atom. The molecule has 0 bridgehead atoms. The van der Waals surface area contributed by atoms with Crippen LogP contribution in [-0.2, 0) is 4.74 Å². The summed E-state index contributed by atoms with van der Waals surface area (Å²) in [6.07, 6.45) is 4.47. The molecular weight excluding hydrogens is 178 g/mol. The minimum absolute atomic E-state index is 0.328. The second-order valence-corrected chi connectivity index (χ2v) is 3.65. The molecule has 86 valence electrons. The summed E-state index contributed by atoms with van der Waals surface area (Å²) < 4.78 is 5.30. The molecule has 0 saturated heterocycles. The smallest absolute Gasteiger partial charge is 0.0616 e. The standard InChI is InChI=1S/C11H25NO2/c1-3-14-10-11(2)12-8-6-4-5-7-9-13/h11-13H,3-10H2,1-2H3. The first-order valence-electron chi connectivity index (χ1n) is 5.73. The lowest BCUT2D eigenvalue weighted by Crippen LogP contribution is -2.31. The Morgan fingerprint density at radius 2 is 1.93 bits per heavy atom. The summed E-state index contributed by atoms with van der Waals surface area (Å²) in [5.74, 6) is 0. The second kappa shape index (κ2) is 11.0. The fourth-order valence-corrected chi connectivity index (χ4v) is 1.29. The number of aliphatic hydroxyl groups is 1. The van der Waals surface area contributed by atoms with Crippen molar-refractivity contribution in [3.8, 4) is 0 Å². The molecule has 0 aliphatic carbocycles. The maximum atomic E-state index is 8.58. The van der Waals surface area contributed by atoms with Gasteiger partial charge in [0.25, 0.3) is 0 Å². The SMILES string of the molecule is CCOCC(C)NCCCCCCO. The second-order valence-electron chi connectivity index (χ2n) is 3.65. The van der Waals surface area contributed by atoms with Gasteiger partial charge < -0.3 is 15.2 Å². The molecule has 0 aromatic carbocycles. The summed E-state index contributed by atoms with van der Waals surface area (Å²) in [6, 6.07) is 0.452. The van der Waals surface area contributed by atoms with Gasteiger partial charge in [-0.05, 0) is 33.2 Å². The molecule has 0 aliphatic heterocycles. The van der Waals surface area contributed by atoms with Gasteiger partial charge in [0.1, 0.15) is 0 Å². The lowest BCUT2D eigenvalue weighted by Gasteiger charge is -2.13. The third-order valence-corrected chi connectivity index (χ3v) is 2.15. The highest BCUT2D eigenvalue weighted by Gasteiger charge is 1.99. The summed E-state index contributed by atoms with van der Waals surface area (Å²) in [5.41, 5.74) is 0. The van der Waals surface area contributed by atoms with Gasteiger partial charge in [-0.15, -0.1) is 0 Å². The molecule has 14 heavy (non-hydrogen) atoms. The van der Waals surface area contributed by atoms with Crippen LogP contribution in [0.3, 0.4) is 0 Å². The van der Waals surface area contributed by atoms with Crippen molar-refractivity contribution >= 4 is 0 Å². The molecule has 2 N–H and O–H groups in total. The molecular formula is C11H25NO2. The maximum absolute atomic E-state index is 8.58. The van der Waals surface area contributed by atoms with E-state index in [4.69, 9.17) is 9.84 Å². The normalized spacial score (nSPS) is 13.1. The van der Waals surface area contributed by atoms with Crippen molar-refractivity contribution in [3.63, 3.8) is 0 Å². The average Bonchev–Trinajstić information content (AvgIpc) is 2.20. The molecule has 0 heterocycles. The van der Waals surface area contributed by atoms with E-state index in [0.29, 0.717) is 12.6 Å². The lowest BCUT2D eigenvalue weighted by molar-refractivity contribution is 0.127. The Kier molecular flexibility index (Phi) is 10.9. The van der Waals surface area contributed by atoms with Gasteiger partial charge in [-0.3, -0.25) is 0 Å². The molecule has 0 spiro atoms. The highest BCUT2D eigenvalue weighted by molar-refractivity contribution is 4.58. The highest BCUT2D eigenvalue weighted by atomic mass is 16.5. The number of hydrogen-bond acceptors (Lipinski definition) is 3. The molecule has 0 aromatic heterocycles. The molecule has 0 amide bonds. The van der Waals surface area contributed by atoms with Gasteiger partial charge in [0.05, 0.1) is 6.61 Å². The van der Waals surface area contributed by atoms with E-state index in [1.165, 1.54) is 12.8 Å². The van der Waals surface area contributed by atoms with Crippen LogP contribution in [0.4, 0.5) is 0 Å². The molecule has 0 saturated carbocycles. The van der Waals surface area contributed by atoms with E-state index < -0.39 is 0 Å². The molecule has 0 aromatic rings. The predicted octanol–water partition coefficient (Wildman–Crippen LogP) is 1.55. The molecule has 3 heteroatoms. The quantitative estimate of drug-likeness (QED) is 0.529. The van der Waals surface area contributed by atoms with E-state index in [1.807, 2.05) is 6.92 Å². The van der Waals surface area contributed by atoms with Crippen LogP contribution in [0.25, 0.3) is 0 Å². The third kappa shape index (κ3) is 9.96. The van der Waals surface area contributed by atoms with Gasteiger partial charge in [0.15, 0.2) is 0 Å². The highest BCUT2D eigenvalue weighted by Crippen LogP contribution is 1.98. The fourth-order valence-electron chi connectivity index (χ4n) is 1.29. The maximum Gasteiger partial charge on any atom is 0.0616 e. The minimum atomic E-state index is 0.328. The molecule has 0 radical (unpaired) electrons. The van der Waals surface area contributed by atoms with Crippen LogP contribution in [0, 0.1) is 0 Å². The van der Waals surface area contributed by atoms with E-state index in [-0.39, 0.29) is 0 Å². The topological polar surface area (TPSA) is 41.5 Å². The summed E-state index contributed by atoms with van der Waals surface area (Å²) in [4.78, 5) is 0. The zero-order valence-electron chi connectivity index (χ0n) is 9.59. The predicted molar refractivity (Wildman–Crippen MR) is 59.5 cm³/mol. The van der Waals surface area contributed by atoms with Crippen molar-refractivity contribution in [2.24, 2.45) is 0 Å². The number of unbranched alkanes of at least 4 members (excludes halogenated alkanes) is 3. The summed E-state index contributed by atoms with van der Waals surface area (Å²) >= 11 is 0. The van der Waals surface area contributed by atoms with Crippen LogP contribution in [-0.4, -0.2) is 37.5 Å². The first-order chi connectivity index (χ1) is 6.81. The van der Waals surface area contributed by atoms with Gasteiger partial charge in [0, 0.05) is 19.3 Å². The number of ether oxygens (including phenoxy) is 1. The molecule has 3 nitrogen and oxygen atoms in total. The van der Waals surface area contributed by atoms with Crippen LogP contribution in [0.5, 0.6) is 0 Å². The number of nitrogens with one attached hydrogen (secondary N) is 1. The van der Waals surface area contributed by atoms with Crippen molar-refractivity contribution in [1.82, 2.24) is 5.32 Å². The molecule has 0 fully saturated rings. The minimum Gasteiger partial charge on any atom is -0.396 e. The summed E-state index contributed by atoms with van der Waals surface area (Å²) in [7, 11) is 0. The van der Waals surface area contributed by atoms with E-state index in [2.05, 4.69) is 12.2 Å². The average molecular weight is 203 g/mol. The Labute approximate surface area is 87.8 Å². The zero-order valence-corrected chi connectivity index (χ0v) is 9.59. The molecule has 0 rings (SSSR count). The third-order valence-electron chi connectivity index (χ3n) is 2.15. The number of rotatable bonds is 10. The first kappa shape index (κ1) is 13.9. The Balaban J connectivity index is 3.02. The van der Waals surface area contributed by atoms with Gasteiger partial charge in [-0.2, -0.15) is 0 Å². The first-order valence-corrected chi connectivity index (χ1v) is 5.73.